The third-order valence-corrected chi connectivity index (χ3v) is 5.47. The second kappa shape index (κ2) is 26.2. The first kappa shape index (κ1) is 32.6. The van der Waals surface area contributed by atoms with E-state index in [4.69, 9.17) is 9.84 Å². The van der Waals surface area contributed by atoms with Gasteiger partial charge in [-0.05, 0) is 70.3 Å². The van der Waals surface area contributed by atoms with E-state index in [1.54, 1.807) is 0 Å². The van der Waals surface area contributed by atoms with Gasteiger partial charge in [0.05, 0.1) is 0 Å². The summed E-state index contributed by atoms with van der Waals surface area (Å²) in [5.74, 6) is -0.887. The van der Waals surface area contributed by atoms with Crippen LogP contribution in [0.3, 0.4) is 0 Å². The molecule has 0 amide bonds. The van der Waals surface area contributed by atoms with Gasteiger partial charge in [0.2, 0.25) is 0 Å². The Balaban J connectivity index is 4.19. The number of carboxylic acids is 1. The maximum atomic E-state index is 12.3. The van der Waals surface area contributed by atoms with Crippen molar-refractivity contribution >= 4 is 11.9 Å². The highest BCUT2D eigenvalue weighted by molar-refractivity contribution is 5.69. The molecule has 198 valence electrons. The normalized spacial score (nSPS) is 13.2. The Kier molecular flexibility index (Phi) is 24.5. The van der Waals surface area contributed by atoms with Crippen molar-refractivity contribution in [1.29, 1.82) is 0 Å². The average Bonchev–Trinajstić information content (AvgIpc) is 2.83. The van der Waals surface area contributed by atoms with Gasteiger partial charge in [0.1, 0.15) is 6.10 Å². The van der Waals surface area contributed by atoms with E-state index < -0.39 is 5.97 Å². The Hall–Kier alpha value is -2.36. The first-order valence-electron chi connectivity index (χ1n) is 13.8. The summed E-state index contributed by atoms with van der Waals surface area (Å²) >= 11 is 0. The molecule has 0 aromatic heterocycles. The number of ether oxygens (including phenoxy) is 1. The number of aliphatic carboxylic acids is 1. The molecule has 0 heterocycles. The minimum absolute atomic E-state index is 0.151. The van der Waals surface area contributed by atoms with Crippen molar-refractivity contribution in [3.8, 4) is 0 Å². The molecule has 0 saturated heterocycles. The number of hydrogen-bond acceptors (Lipinski definition) is 3. The Morgan fingerprint density at radius 3 is 1.94 bits per heavy atom. The van der Waals surface area contributed by atoms with Crippen LogP contribution in [-0.4, -0.2) is 23.1 Å². The summed E-state index contributed by atoms with van der Waals surface area (Å²) in [5.41, 5.74) is 0. The number of hydrogen-bond donors (Lipinski definition) is 1. The van der Waals surface area contributed by atoms with Crippen LogP contribution >= 0.6 is 0 Å². The second-order valence-corrected chi connectivity index (χ2v) is 8.84. The highest BCUT2D eigenvalue weighted by Gasteiger charge is 2.11. The molecule has 1 atom stereocenters. The fraction of sp³-hybridized carbons (Fsp3) is 0.613. The maximum Gasteiger partial charge on any atom is 0.306 e. The Morgan fingerprint density at radius 2 is 1.31 bits per heavy atom. The third-order valence-electron chi connectivity index (χ3n) is 5.47. The van der Waals surface area contributed by atoms with Crippen LogP contribution in [0, 0.1) is 0 Å². The molecule has 0 aromatic carbocycles. The largest absolute Gasteiger partial charge is 0.481 e. The van der Waals surface area contributed by atoms with Crippen molar-refractivity contribution in [3.63, 3.8) is 0 Å². The van der Waals surface area contributed by atoms with Crippen molar-refractivity contribution in [3.05, 3.63) is 60.8 Å². The fourth-order valence-electron chi connectivity index (χ4n) is 3.46. The zero-order chi connectivity index (χ0) is 25.8. The van der Waals surface area contributed by atoms with Crippen molar-refractivity contribution in [2.24, 2.45) is 0 Å². The van der Waals surface area contributed by atoms with Crippen LogP contribution in [0.2, 0.25) is 0 Å². The van der Waals surface area contributed by atoms with Gasteiger partial charge in [0, 0.05) is 12.8 Å². The van der Waals surface area contributed by atoms with E-state index >= 15 is 0 Å². The Morgan fingerprint density at radius 1 is 0.686 bits per heavy atom. The lowest BCUT2D eigenvalue weighted by molar-refractivity contribution is -0.147. The van der Waals surface area contributed by atoms with Gasteiger partial charge < -0.3 is 9.84 Å². The summed E-state index contributed by atoms with van der Waals surface area (Å²) in [5, 5.41) is 8.73. The number of esters is 1. The van der Waals surface area contributed by atoms with Crippen molar-refractivity contribution in [2.45, 2.75) is 123 Å². The van der Waals surface area contributed by atoms with Gasteiger partial charge in [-0.25, -0.2) is 0 Å². The van der Waals surface area contributed by atoms with E-state index in [9.17, 15) is 9.59 Å². The summed E-state index contributed by atoms with van der Waals surface area (Å²) in [4.78, 5) is 22.9. The number of carbonyl (C=O) groups excluding carboxylic acids is 1. The van der Waals surface area contributed by atoms with Crippen molar-refractivity contribution in [2.75, 3.05) is 0 Å². The molecule has 4 heteroatoms. The van der Waals surface area contributed by atoms with Crippen molar-refractivity contribution < 1.29 is 19.4 Å². The van der Waals surface area contributed by atoms with Crippen LogP contribution < -0.4 is 0 Å². The van der Waals surface area contributed by atoms with Crippen LogP contribution in [0.5, 0.6) is 0 Å². The van der Waals surface area contributed by atoms with Gasteiger partial charge in [-0.2, -0.15) is 0 Å². The molecule has 0 fully saturated rings. The van der Waals surface area contributed by atoms with Crippen LogP contribution in [-0.2, 0) is 14.3 Å². The first-order valence-corrected chi connectivity index (χ1v) is 13.8. The second-order valence-electron chi connectivity index (χ2n) is 8.84. The molecule has 1 N–H and O–H groups in total. The van der Waals surface area contributed by atoms with Crippen molar-refractivity contribution in [1.82, 2.24) is 0 Å². The topological polar surface area (TPSA) is 63.6 Å². The van der Waals surface area contributed by atoms with E-state index in [2.05, 4.69) is 68.5 Å². The van der Waals surface area contributed by atoms with E-state index in [0.29, 0.717) is 19.3 Å². The molecule has 0 aromatic rings. The summed E-state index contributed by atoms with van der Waals surface area (Å²) in [6.07, 6.45) is 35.3. The predicted octanol–water partition coefficient (Wildman–Crippen LogP) is 9.05. The van der Waals surface area contributed by atoms with Gasteiger partial charge in [0.25, 0.3) is 0 Å². The number of carboxylic acid groups (broad SMARTS) is 1. The molecule has 0 radical (unpaired) electrons. The molecule has 0 aliphatic rings. The zero-order valence-electron chi connectivity index (χ0n) is 22.3. The number of allylic oxidation sites excluding steroid dienone is 9. The van der Waals surface area contributed by atoms with Crippen LogP contribution in [0.25, 0.3) is 0 Å². The van der Waals surface area contributed by atoms with E-state index in [1.807, 2.05) is 6.08 Å². The van der Waals surface area contributed by atoms with Gasteiger partial charge >= 0.3 is 11.9 Å². The third kappa shape index (κ3) is 26.1. The lowest BCUT2D eigenvalue weighted by Crippen LogP contribution is -2.16. The monoisotopic (exact) mass is 486 g/mol. The highest BCUT2D eigenvalue weighted by atomic mass is 16.5. The standard InChI is InChI=1S/C31H50O4/c1-3-5-7-9-10-11-12-13-14-15-16-18-24-28-31(34)35-29(25-21-17-8-6-4-2)26-22-19-20-23-27-30(32)33/h5,7,10-11,13-14,16,18,21,25,29H,3-4,6,8-9,12,15,17,19-20,22-24,26-28H2,1-2H3,(H,32,33)/b7-5-,11-10-,14-13-,18-16-,25-21-. The molecule has 4 nitrogen and oxygen atoms in total. The van der Waals surface area contributed by atoms with Gasteiger partial charge in [-0.3, -0.25) is 9.59 Å². The Bertz CT molecular complexity index is 655. The molecular weight excluding hydrogens is 436 g/mol. The molecule has 0 rings (SSSR count). The molecule has 0 spiro atoms. The highest BCUT2D eigenvalue weighted by Crippen LogP contribution is 2.13. The zero-order valence-corrected chi connectivity index (χ0v) is 22.3. The first-order chi connectivity index (χ1) is 17.1. The molecule has 0 aliphatic carbocycles. The maximum absolute atomic E-state index is 12.3. The smallest absolute Gasteiger partial charge is 0.306 e. The minimum atomic E-state index is -0.736. The molecule has 0 aliphatic heterocycles. The van der Waals surface area contributed by atoms with Gasteiger partial charge in [-0.15, -0.1) is 0 Å². The van der Waals surface area contributed by atoms with E-state index in [1.165, 1.54) is 12.8 Å². The quantitative estimate of drug-likeness (QED) is 0.0888. The van der Waals surface area contributed by atoms with Gasteiger partial charge in [0.15, 0.2) is 0 Å². The molecule has 0 bridgehead atoms. The average molecular weight is 487 g/mol. The SMILES string of the molecule is CC/C=C\C/C=C\C/C=C\C/C=C\CCC(=O)OC(/C=C\CCCCC)CCCCCCC(=O)O. The van der Waals surface area contributed by atoms with Crippen LogP contribution in [0.1, 0.15) is 117 Å². The number of carbonyl (C=O) groups is 2. The number of unbranched alkanes of at least 4 members (excludes halogenated alkanes) is 6. The molecular formula is C31H50O4. The Labute approximate surface area is 214 Å². The summed E-state index contributed by atoms with van der Waals surface area (Å²) in [7, 11) is 0. The molecule has 35 heavy (non-hydrogen) atoms. The number of rotatable bonds is 23. The van der Waals surface area contributed by atoms with E-state index in [0.717, 1.165) is 64.2 Å². The summed E-state index contributed by atoms with van der Waals surface area (Å²) in [6, 6.07) is 0. The summed E-state index contributed by atoms with van der Waals surface area (Å²) < 4.78 is 5.73. The fourth-order valence-corrected chi connectivity index (χ4v) is 3.46. The lowest BCUT2D eigenvalue weighted by Gasteiger charge is -2.14. The molecule has 0 saturated carbocycles. The van der Waals surface area contributed by atoms with Gasteiger partial charge in [-0.1, -0.05) is 94.2 Å². The lowest BCUT2D eigenvalue weighted by atomic mass is 10.1. The van der Waals surface area contributed by atoms with E-state index in [-0.39, 0.29) is 18.5 Å². The predicted molar refractivity (Wildman–Crippen MR) is 148 cm³/mol. The van der Waals surface area contributed by atoms with Crippen LogP contribution in [0.4, 0.5) is 0 Å². The minimum Gasteiger partial charge on any atom is -0.481 e. The summed E-state index contributed by atoms with van der Waals surface area (Å²) in [6.45, 7) is 4.33. The van der Waals surface area contributed by atoms with Crippen LogP contribution in [0.15, 0.2) is 60.8 Å². The molecule has 1 unspecified atom stereocenters.